The number of aliphatic hydroxyl groups is 2. The first kappa shape index (κ1) is 22.6. The van der Waals surface area contributed by atoms with Crippen molar-refractivity contribution in [1.82, 2.24) is 0 Å². The highest BCUT2D eigenvalue weighted by molar-refractivity contribution is 5.66. The number of carboxylic acids is 1. The Bertz CT molecular complexity index is 608. The van der Waals surface area contributed by atoms with Gasteiger partial charge in [0.25, 0.3) is 0 Å². The molecule has 1 saturated carbocycles. The minimum absolute atomic E-state index is 0.134. The minimum Gasteiger partial charge on any atom is -0.481 e. The first-order valence-corrected chi connectivity index (χ1v) is 10.9. The molecule has 0 saturated heterocycles. The van der Waals surface area contributed by atoms with E-state index in [2.05, 4.69) is 31.2 Å². The fourth-order valence-electron chi connectivity index (χ4n) is 4.27. The standard InChI is InChI=1S/C24H36O4/c1-2-3-6-10-21(25)18-12-14-20(15-13-18)24-19(16-17-22(24)26)9-7-4-5-8-11-23(27)28/h4,7,12-15,19,21-22,24-26H,2-3,5-6,8-11,16-17H2,1H3,(H,27,28)/b7-4-/t19-,21?,22+,24-/m0/s1. The molecular formula is C24H36O4. The predicted molar refractivity (Wildman–Crippen MR) is 112 cm³/mol. The van der Waals surface area contributed by atoms with Crippen LogP contribution < -0.4 is 0 Å². The van der Waals surface area contributed by atoms with Gasteiger partial charge in [-0.3, -0.25) is 4.79 Å². The number of carboxylic acid groups (broad SMARTS) is 1. The van der Waals surface area contributed by atoms with Crippen molar-refractivity contribution in [2.24, 2.45) is 5.92 Å². The van der Waals surface area contributed by atoms with Gasteiger partial charge in [0, 0.05) is 12.3 Å². The van der Waals surface area contributed by atoms with Crippen molar-refractivity contribution in [3.8, 4) is 0 Å². The number of rotatable bonds is 12. The topological polar surface area (TPSA) is 77.8 Å². The number of hydrogen-bond acceptors (Lipinski definition) is 3. The van der Waals surface area contributed by atoms with E-state index in [0.717, 1.165) is 62.5 Å². The van der Waals surface area contributed by atoms with E-state index in [0.29, 0.717) is 12.3 Å². The van der Waals surface area contributed by atoms with Gasteiger partial charge in [0.05, 0.1) is 12.2 Å². The number of carbonyl (C=O) groups is 1. The third-order valence-corrected chi connectivity index (χ3v) is 5.91. The van der Waals surface area contributed by atoms with Gasteiger partial charge in [0.2, 0.25) is 0 Å². The predicted octanol–water partition coefficient (Wildman–Crippen LogP) is 5.36. The van der Waals surface area contributed by atoms with Crippen molar-refractivity contribution in [2.45, 2.75) is 89.3 Å². The van der Waals surface area contributed by atoms with Crippen molar-refractivity contribution in [2.75, 3.05) is 0 Å². The largest absolute Gasteiger partial charge is 0.481 e. The summed E-state index contributed by atoms with van der Waals surface area (Å²) in [5.74, 6) is -0.202. The number of unbranched alkanes of at least 4 members (excludes halogenated alkanes) is 3. The molecule has 1 aromatic rings. The SMILES string of the molecule is CCCCCC(O)c1ccc([C@@H]2[C@@H](C/C=C\CCCC(=O)O)CC[C@H]2O)cc1. The molecule has 0 heterocycles. The highest BCUT2D eigenvalue weighted by Crippen LogP contribution is 2.42. The van der Waals surface area contributed by atoms with E-state index < -0.39 is 12.1 Å². The molecule has 0 aromatic heterocycles. The molecular weight excluding hydrogens is 352 g/mol. The van der Waals surface area contributed by atoms with Crippen molar-refractivity contribution < 1.29 is 20.1 Å². The monoisotopic (exact) mass is 388 g/mol. The number of aliphatic hydroxyl groups excluding tert-OH is 2. The lowest BCUT2D eigenvalue weighted by Crippen LogP contribution is -2.17. The van der Waals surface area contributed by atoms with Crippen molar-refractivity contribution in [3.63, 3.8) is 0 Å². The van der Waals surface area contributed by atoms with Crippen LogP contribution >= 0.6 is 0 Å². The zero-order chi connectivity index (χ0) is 20.4. The molecule has 0 amide bonds. The zero-order valence-electron chi connectivity index (χ0n) is 17.1. The second-order valence-corrected chi connectivity index (χ2v) is 8.10. The molecule has 1 unspecified atom stereocenters. The molecule has 1 aliphatic rings. The quantitative estimate of drug-likeness (QED) is 0.333. The molecule has 0 radical (unpaired) electrons. The maximum absolute atomic E-state index is 10.5. The van der Waals surface area contributed by atoms with Crippen molar-refractivity contribution >= 4 is 5.97 Å². The number of aliphatic carboxylic acids is 1. The fraction of sp³-hybridized carbons (Fsp3) is 0.625. The molecule has 4 atom stereocenters. The van der Waals surface area contributed by atoms with Crippen LogP contribution in [0.5, 0.6) is 0 Å². The summed E-state index contributed by atoms with van der Waals surface area (Å²) < 4.78 is 0. The summed E-state index contributed by atoms with van der Waals surface area (Å²) in [5, 5.41) is 29.5. The van der Waals surface area contributed by atoms with E-state index in [9.17, 15) is 15.0 Å². The molecule has 3 N–H and O–H groups in total. The van der Waals surface area contributed by atoms with Crippen LogP contribution in [-0.2, 0) is 4.79 Å². The molecule has 156 valence electrons. The molecule has 4 nitrogen and oxygen atoms in total. The number of allylic oxidation sites excluding steroid dienone is 2. The normalized spacial score (nSPS) is 23.3. The summed E-state index contributed by atoms with van der Waals surface area (Å²) in [6.45, 7) is 2.16. The molecule has 0 spiro atoms. The Morgan fingerprint density at radius 1 is 1.14 bits per heavy atom. The molecule has 0 aliphatic heterocycles. The minimum atomic E-state index is -0.744. The zero-order valence-corrected chi connectivity index (χ0v) is 17.1. The molecule has 1 aliphatic carbocycles. The summed E-state index contributed by atoms with van der Waals surface area (Å²) in [7, 11) is 0. The third kappa shape index (κ3) is 7.06. The maximum Gasteiger partial charge on any atom is 0.303 e. The van der Waals surface area contributed by atoms with Gasteiger partial charge in [0.1, 0.15) is 0 Å². The van der Waals surface area contributed by atoms with Gasteiger partial charge < -0.3 is 15.3 Å². The van der Waals surface area contributed by atoms with E-state index in [-0.39, 0.29) is 18.4 Å². The summed E-state index contributed by atoms with van der Waals surface area (Å²) in [6, 6.07) is 8.16. The molecule has 4 heteroatoms. The number of benzene rings is 1. The van der Waals surface area contributed by atoms with E-state index in [4.69, 9.17) is 5.11 Å². The van der Waals surface area contributed by atoms with Gasteiger partial charge in [-0.05, 0) is 55.6 Å². The highest BCUT2D eigenvalue weighted by atomic mass is 16.4. The fourth-order valence-corrected chi connectivity index (χ4v) is 4.27. The average Bonchev–Trinajstić information content (AvgIpc) is 3.05. The molecule has 2 rings (SSSR count). The smallest absolute Gasteiger partial charge is 0.303 e. The average molecular weight is 389 g/mol. The molecule has 1 fully saturated rings. The van der Waals surface area contributed by atoms with Crippen LogP contribution in [0, 0.1) is 5.92 Å². The van der Waals surface area contributed by atoms with E-state index in [1.807, 2.05) is 12.1 Å². The van der Waals surface area contributed by atoms with E-state index in [1.54, 1.807) is 0 Å². The van der Waals surface area contributed by atoms with Crippen molar-refractivity contribution in [1.29, 1.82) is 0 Å². The molecule has 0 bridgehead atoms. The lowest BCUT2D eigenvalue weighted by molar-refractivity contribution is -0.137. The lowest BCUT2D eigenvalue weighted by atomic mass is 9.85. The van der Waals surface area contributed by atoms with Crippen LogP contribution in [0.2, 0.25) is 0 Å². The maximum atomic E-state index is 10.5. The Hall–Kier alpha value is -1.65. The Kier molecular flexibility index (Phi) is 9.72. The Labute approximate surface area is 169 Å². The van der Waals surface area contributed by atoms with E-state index >= 15 is 0 Å². The van der Waals surface area contributed by atoms with Gasteiger partial charge in [-0.25, -0.2) is 0 Å². The van der Waals surface area contributed by atoms with Crippen LogP contribution in [0.1, 0.15) is 94.3 Å². The van der Waals surface area contributed by atoms with Gasteiger partial charge in [-0.1, -0.05) is 62.6 Å². The van der Waals surface area contributed by atoms with Gasteiger partial charge >= 0.3 is 5.97 Å². The molecule has 28 heavy (non-hydrogen) atoms. The van der Waals surface area contributed by atoms with Crippen molar-refractivity contribution in [3.05, 3.63) is 47.5 Å². The lowest BCUT2D eigenvalue weighted by Gasteiger charge is -2.22. The number of hydrogen-bond donors (Lipinski definition) is 3. The van der Waals surface area contributed by atoms with Crippen LogP contribution in [0.4, 0.5) is 0 Å². The highest BCUT2D eigenvalue weighted by Gasteiger charge is 2.35. The summed E-state index contributed by atoms with van der Waals surface area (Å²) in [4.78, 5) is 10.5. The Morgan fingerprint density at radius 3 is 2.57 bits per heavy atom. The first-order valence-electron chi connectivity index (χ1n) is 10.9. The summed E-state index contributed by atoms with van der Waals surface area (Å²) in [5.41, 5.74) is 2.11. The van der Waals surface area contributed by atoms with Gasteiger partial charge in [-0.2, -0.15) is 0 Å². The van der Waals surface area contributed by atoms with Crippen LogP contribution in [0.15, 0.2) is 36.4 Å². The Morgan fingerprint density at radius 2 is 1.89 bits per heavy atom. The van der Waals surface area contributed by atoms with Gasteiger partial charge in [0.15, 0.2) is 0 Å². The van der Waals surface area contributed by atoms with Crippen LogP contribution in [0.3, 0.4) is 0 Å². The Balaban J connectivity index is 1.90. The molecule has 1 aromatic carbocycles. The summed E-state index contributed by atoms with van der Waals surface area (Å²) >= 11 is 0. The summed E-state index contributed by atoms with van der Waals surface area (Å²) in [6.07, 6.45) is 12.1. The second-order valence-electron chi connectivity index (χ2n) is 8.10. The second kappa shape index (κ2) is 12.0. The van der Waals surface area contributed by atoms with Crippen LogP contribution in [0.25, 0.3) is 0 Å². The third-order valence-electron chi connectivity index (χ3n) is 5.91. The van der Waals surface area contributed by atoms with Crippen LogP contribution in [-0.4, -0.2) is 27.4 Å². The van der Waals surface area contributed by atoms with Gasteiger partial charge in [-0.15, -0.1) is 0 Å². The first-order chi connectivity index (χ1) is 13.5. The van der Waals surface area contributed by atoms with E-state index in [1.165, 1.54) is 0 Å².